The molecule has 0 fully saturated rings. The van der Waals surface area contributed by atoms with Crippen LogP contribution in [0.25, 0.3) is 0 Å². The SMILES string of the molecule is COc1cccc(OC)c1C(N)c1ccnnc1. The zero-order valence-corrected chi connectivity index (χ0v) is 10.3. The van der Waals surface area contributed by atoms with Crippen molar-refractivity contribution in [2.24, 2.45) is 5.73 Å². The van der Waals surface area contributed by atoms with Gasteiger partial charge in [-0.25, -0.2) is 0 Å². The van der Waals surface area contributed by atoms with Crippen LogP contribution in [0.1, 0.15) is 17.2 Å². The molecular formula is C13H15N3O2. The van der Waals surface area contributed by atoms with Crippen LogP contribution in [0.4, 0.5) is 0 Å². The molecule has 0 aliphatic heterocycles. The maximum atomic E-state index is 6.24. The predicted octanol–water partition coefficient (Wildman–Crippen LogP) is 1.54. The van der Waals surface area contributed by atoms with E-state index in [0.29, 0.717) is 11.5 Å². The van der Waals surface area contributed by atoms with Gasteiger partial charge in [-0.15, -0.1) is 0 Å². The third-order valence-electron chi connectivity index (χ3n) is 2.74. The van der Waals surface area contributed by atoms with Gasteiger partial charge in [-0.3, -0.25) is 0 Å². The van der Waals surface area contributed by atoms with E-state index in [0.717, 1.165) is 11.1 Å². The molecule has 1 atom stereocenters. The Balaban J connectivity index is 2.49. The van der Waals surface area contributed by atoms with E-state index in [2.05, 4.69) is 10.2 Å². The van der Waals surface area contributed by atoms with Gasteiger partial charge in [0.25, 0.3) is 0 Å². The Morgan fingerprint density at radius 2 is 1.72 bits per heavy atom. The highest BCUT2D eigenvalue weighted by Crippen LogP contribution is 2.35. The molecule has 0 aliphatic carbocycles. The normalized spacial score (nSPS) is 11.9. The number of methoxy groups -OCH3 is 2. The standard InChI is InChI=1S/C13H15N3O2/c1-17-10-4-3-5-11(18-2)12(10)13(14)9-6-7-15-16-8-9/h3-8,13H,14H2,1-2H3. The average Bonchev–Trinajstić information content (AvgIpc) is 2.46. The van der Waals surface area contributed by atoms with Gasteiger partial charge < -0.3 is 15.2 Å². The first-order valence-electron chi connectivity index (χ1n) is 5.51. The average molecular weight is 245 g/mol. The molecule has 1 aromatic carbocycles. The number of benzene rings is 1. The summed E-state index contributed by atoms with van der Waals surface area (Å²) in [5.41, 5.74) is 7.90. The Hall–Kier alpha value is -2.14. The van der Waals surface area contributed by atoms with E-state index in [-0.39, 0.29) is 6.04 Å². The summed E-state index contributed by atoms with van der Waals surface area (Å²) in [7, 11) is 3.21. The molecule has 0 bridgehead atoms. The molecule has 0 saturated carbocycles. The monoisotopic (exact) mass is 245 g/mol. The second-order valence-corrected chi connectivity index (χ2v) is 3.73. The number of rotatable bonds is 4. The Kier molecular flexibility index (Phi) is 3.74. The third-order valence-corrected chi connectivity index (χ3v) is 2.74. The summed E-state index contributed by atoms with van der Waals surface area (Å²) >= 11 is 0. The third kappa shape index (κ3) is 2.26. The van der Waals surface area contributed by atoms with Gasteiger partial charge in [0.2, 0.25) is 0 Å². The molecule has 0 spiro atoms. The highest BCUT2D eigenvalue weighted by atomic mass is 16.5. The van der Waals surface area contributed by atoms with E-state index in [9.17, 15) is 0 Å². The second-order valence-electron chi connectivity index (χ2n) is 3.73. The molecule has 94 valence electrons. The van der Waals surface area contributed by atoms with E-state index in [1.807, 2.05) is 24.3 Å². The molecule has 18 heavy (non-hydrogen) atoms. The van der Waals surface area contributed by atoms with E-state index in [4.69, 9.17) is 15.2 Å². The Morgan fingerprint density at radius 1 is 1.06 bits per heavy atom. The predicted molar refractivity (Wildman–Crippen MR) is 67.6 cm³/mol. The summed E-state index contributed by atoms with van der Waals surface area (Å²) in [5.74, 6) is 1.39. The Labute approximate surface area is 106 Å². The topological polar surface area (TPSA) is 70.3 Å². The first kappa shape index (κ1) is 12.3. The van der Waals surface area contributed by atoms with Gasteiger partial charge in [-0.2, -0.15) is 10.2 Å². The molecule has 1 aromatic heterocycles. The number of nitrogens with two attached hydrogens (primary N) is 1. The van der Waals surface area contributed by atoms with Crippen LogP contribution in [-0.2, 0) is 0 Å². The number of hydrogen-bond donors (Lipinski definition) is 1. The molecule has 2 aromatic rings. The number of nitrogens with zero attached hydrogens (tertiary/aromatic N) is 2. The molecule has 0 amide bonds. The van der Waals surface area contributed by atoms with Crippen LogP contribution in [-0.4, -0.2) is 24.4 Å². The molecule has 1 heterocycles. The van der Waals surface area contributed by atoms with Gasteiger partial charge in [0.15, 0.2) is 0 Å². The lowest BCUT2D eigenvalue weighted by molar-refractivity contribution is 0.382. The zero-order valence-electron chi connectivity index (χ0n) is 10.3. The largest absolute Gasteiger partial charge is 0.496 e. The minimum atomic E-state index is -0.369. The molecule has 2 N–H and O–H groups in total. The summed E-state index contributed by atoms with van der Waals surface area (Å²) < 4.78 is 10.7. The van der Waals surface area contributed by atoms with E-state index in [1.165, 1.54) is 0 Å². The highest BCUT2D eigenvalue weighted by Gasteiger charge is 2.19. The molecule has 0 radical (unpaired) electrons. The molecule has 0 saturated heterocycles. The van der Waals surface area contributed by atoms with Crippen molar-refractivity contribution in [1.82, 2.24) is 10.2 Å². The highest BCUT2D eigenvalue weighted by molar-refractivity contribution is 5.49. The van der Waals surface area contributed by atoms with Gasteiger partial charge in [0.05, 0.1) is 32.0 Å². The maximum Gasteiger partial charge on any atom is 0.127 e. The van der Waals surface area contributed by atoms with Crippen molar-refractivity contribution in [3.63, 3.8) is 0 Å². The van der Waals surface area contributed by atoms with E-state index < -0.39 is 0 Å². The van der Waals surface area contributed by atoms with Crippen LogP contribution in [0.3, 0.4) is 0 Å². The van der Waals surface area contributed by atoms with E-state index >= 15 is 0 Å². The van der Waals surface area contributed by atoms with Gasteiger partial charge in [0.1, 0.15) is 11.5 Å². The lowest BCUT2D eigenvalue weighted by Gasteiger charge is -2.18. The molecular weight excluding hydrogens is 230 g/mol. The van der Waals surface area contributed by atoms with Crippen molar-refractivity contribution in [2.45, 2.75) is 6.04 Å². The minimum Gasteiger partial charge on any atom is -0.496 e. The second kappa shape index (κ2) is 5.46. The Bertz CT molecular complexity index is 495. The lowest BCUT2D eigenvalue weighted by Crippen LogP contribution is -2.14. The van der Waals surface area contributed by atoms with Crippen LogP contribution in [0, 0.1) is 0 Å². The quantitative estimate of drug-likeness (QED) is 0.884. The number of aromatic nitrogens is 2. The molecule has 2 rings (SSSR count). The van der Waals surface area contributed by atoms with Crippen molar-refractivity contribution in [1.29, 1.82) is 0 Å². The summed E-state index contributed by atoms with van der Waals surface area (Å²) in [6.07, 6.45) is 3.24. The molecule has 0 aliphatic rings. The van der Waals surface area contributed by atoms with Crippen molar-refractivity contribution in [2.75, 3.05) is 14.2 Å². The smallest absolute Gasteiger partial charge is 0.127 e. The number of ether oxygens (including phenoxy) is 2. The van der Waals surface area contributed by atoms with Gasteiger partial charge in [0, 0.05) is 6.20 Å². The van der Waals surface area contributed by atoms with Crippen molar-refractivity contribution in [3.8, 4) is 11.5 Å². The van der Waals surface area contributed by atoms with Gasteiger partial charge in [-0.1, -0.05) is 6.07 Å². The fraction of sp³-hybridized carbons (Fsp3) is 0.231. The fourth-order valence-corrected chi connectivity index (χ4v) is 1.84. The van der Waals surface area contributed by atoms with Crippen molar-refractivity contribution in [3.05, 3.63) is 47.8 Å². The lowest BCUT2D eigenvalue weighted by atomic mass is 9.99. The first-order chi connectivity index (χ1) is 8.77. The van der Waals surface area contributed by atoms with Gasteiger partial charge in [-0.05, 0) is 23.8 Å². The molecule has 5 nitrogen and oxygen atoms in total. The summed E-state index contributed by atoms with van der Waals surface area (Å²) in [6.45, 7) is 0. The van der Waals surface area contributed by atoms with Crippen LogP contribution < -0.4 is 15.2 Å². The van der Waals surface area contributed by atoms with Crippen LogP contribution in [0.2, 0.25) is 0 Å². The maximum absolute atomic E-state index is 6.24. The first-order valence-corrected chi connectivity index (χ1v) is 5.51. The van der Waals surface area contributed by atoms with E-state index in [1.54, 1.807) is 26.6 Å². The fourth-order valence-electron chi connectivity index (χ4n) is 1.84. The summed E-state index contributed by atoms with van der Waals surface area (Å²) in [4.78, 5) is 0. The summed E-state index contributed by atoms with van der Waals surface area (Å²) in [6, 6.07) is 7.02. The molecule has 5 heteroatoms. The number of hydrogen-bond acceptors (Lipinski definition) is 5. The van der Waals surface area contributed by atoms with Crippen LogP contribution in [0.5, 0.6) is 11.5 Å². The van der Waals surface area contributed by atoms with Crippen LogP contribution >= 0.6 is 0 Å². The van der Waals surface area contributed by atoms with Gasteiger partial charge >= 0.3 is 0 Å². The van der Waals surface area contributed by atoms with Crippen molar-refractivity contribution >= 4 is 0 Å². The molecule has 1 unspecified atom stereocenters. The Morgan fingerprint density at radius 3 is 2.22 bits per heavy atom. The van der Waals surface area contributed by atoms with Crippen molar-refractivity contribution < 1.29 is 9.47 Å². The minimum absolute atomic E-state index is 0.369. The summed E-state index contributed by atoms with van der Waals surface area (Å²) in [5, 5.41) is 7.57. The van der Waals surface area contributed by atoms with Crippen LogP contribution in [0.15, 0.2) is 36.7 Å². The zero-order chi connectivity index (χ0) is 13.0.